The van der Waals surface area contributed by atoms with Gasteiger partial charge >= 0.3 is 0 Å². The molecule has 1 N–H and O–H groups in total. The Morgan fingerprint density at radius 3 is 2.23 bits per heavy atom. The van der Waals surface area contributed by atoms with E-state index in [0.717, 1.165) is 6.54 Å². The zero-order valence-corrected chi connectivity index (χ0v) is 14.3. The molecular formula is C20H32N2. The van der Waals surface area contributed by atoms with Crippen LogP contribution in [0.15, 0.2) is 12.1 Å². The van der Waals surface area contributed by atoms with E-state index in [0.29, 0.717) is 0 Å². The Hall–Kier alpha value is -1.18. The third-order valence-electron chi connectivity index (χ3n) is 5.19. The van der Waals surface area contributed by atoms with E-state index in [1.54, 1.807) is 16.8 Å². The van der Waals surface area contributed by atoms with Crippen LogP contribution >= 0.6 is 0 Å². The fraction of sp³-hybridized carbons (Fsp3) is 0.700. The van der Waals surface area contributed by atoms with Gasteiger partial charge in [-0.25, -0.2) is 0 Å². The van der Waals surface area contributed by atoms with Crippen molar-refractivity contribution in [1.29, 1.82) is 0 Å². The van der Waals surface area contributed by atoms with Gasteiger partial charge in [-0.15, -0.1) is 0 Å². The van der Waals surface area contributed by atoms with Gasteiger partial charge in [-0.05, 0) is 55.4 Å². The van der Waals surface area contributed by atoms with Crippen molar-refractivity contribution in [1.82, 2.24) is 0 Å². The number of anilines is 2. The van der Waals surface area contributed by atoms with Crippen molar-refractivity contribution >= 4 is 11.4 Å². The molecule has 1 aromatic rings. The van der Waals surface area contributed by atoms with Crippen molar-refractivity contribution in [3.05, 3.63) is 23.3 Å². The summed E-state index contributed by atoms with van der Waals surface area (Å²) in [5.41, 5.74) is 6.14. The molecule has 2 aliphatic heterocycles. The molecule has 0 saturated heterocycles. The van der Waals surface area contributed by atoms with Crippen molar-refractivity contribution in [2.24, 2.45) is 0 Å². The van der Waals surface area contributed by atoms with E-state index in [1.165, 1.54) is 83.0 Å². The number of unbranched alkanes of at least 4 members (excludes halogenated alkanes) is 5. The summed E-state index contributed by atoms with van der Waals surface area (Å²) in [6, 6.07) is 4.85. The molecule has 3 rings (SSSR count). The van der Waals surface area contributed by atoms with Gasteiger partial charge in [0.15, 0.2) is 0 Å². The standard InChI is InChI=1S/C20H32N2/c1-2-3-4-5-6-7-12-21-19-15-17-10-8-13-22-14-9-11-18(16-19)20(17)22/h15-16,21H,2-14H2,1H3. The zero-order chi connectivity index (χ0) is 15.2. The smallest absolute Gasteiger partial charge is 0.0432 e. The molecule has 1 aromatic carbocycles. The Bertz CT molecular complexity index is 450. The Morgan fingerprint density at radius 2 is 1.55 bits per heavy atom. The van der Waals surface area contributed by atoms with Gasteiger partial charge in [0.25, 0.3) is 0 Å². The van der Waals surface area contributed by atoms with Crippen LogP contribution < -0.4 is 10.2 Å². The lowest BCUT2D eigenvalue weighted by Gasteiger charge is -2.37. The van der Waals surface area contributed by atoms with Gasteiger partial charge in [0.05, 0.1) is 0 Å². The zero-order valence-electron chi connectivity index (χ0n) is 14.3. The second-order valence-electron chi connectivity index (χ2n) is 7.03. The molecule has 0 aromatic heterocycles. The fourth-order valence-electron chi connectivity index (χ4n) is 4.04. The summed E-state index contributed by atoms with van der Waals surface area (Å²) in [4.78, 5) is 2.62. The van der Waals surface area contributed by atoms with Gasteiger partial charge in [0.1, 0.15) is 0 Å². The van der Waals surface area contributed by atoms with Gasteiger partial charge in [-0.2, -0.15) is 0 Å². The summed E-state index contributed by atoms with van der Waals surface area (Å²) < 4.78 is 0. The van der Waals surface area contributed by atoms with Crippen LogP contribution in [0.2, 0.25) is 0 Å². The first-order chi connectivity index (χ1) is 10.9. The molecule has 0 unspecified atom stereocenters. The molecular weight excluding hydrogens is 268 g/mol. The molecule has 0 saturated carbocycles. The first kappa shape index (κ1) is 15.7. The van der Waals surface area contributed by atoms with E-state index in [-0.39, 0.29) is 0 Å². The summed E-state index contributed by atoms with van der Waals surface area (Å²) in [6.45, 7) is 5.95. The maximum absolute atomic E-state index is 3.68. The monoisotopic (exact) mass is 300 g/mol. The van der Waals surface area contributed by atoms with E-state index < -0.39 is 0 Å². The van der Waals surface area contributed by atoms with E-state index in [1.807, 2.05) is 0 Å². The second-order valence-corrected chi connectivity index (χ2v) is 7.03. The highest BCUT2D eigenvalue weighted by Crippen LogP contribution is 2.37. The van der Waals surface area contributed by atoms with E-state index >= 15 is 0 Å². The number of hydrogen-bond donors (Lipinski definition) is 1. The topological polar surface area (TPSA) is 15.3 Å². The summed E-state index contributed by atoms with van der Waals surface area (Å²) in [5.74, 6) is 0. The van der Waals surface area contributed by atoms with Crippen molar-refractivity contribution in [3.8, 4) is 0 Å². The number of rotatable bonds is 8. The lowest BCUT2D eigenvalue weighted by Crippen LogP contribution is -2.34. The van der Waals surface area contributed by atoms with Crippen molar-refractivity contribution < 1.29 is 0 Å². The van der Waals surface area contributed by atoms with Gasteiger partial charge in [0.2, 0.25) is 0 Å². The number of nitrogens with one attached hydrogen (secondary N) is 1. The molecule has 22 heavy (non-hydrogen) atoms. The maximum atomic E-state index is 3.68. The quantitative estimate of drug-likeness (QED) is 0.667. The van der Waals surface area contributed by atoms with Crippen LogP contribution in [0.1, 0.15) is 69.4 Å². The highest BCUT2D eigenvalue weighted by molar-refractivity contribution is 5.68. The molecule has 0 fully saturated rings. The Morgan fingerprint density at radius 1 is 0.909 bits per heavy atom. The van der Waals surface area contributed by atoms with Crippen LogP contribution in [0.5, 0.6) is 0 Å². The van der Waals surface area contributed by atoms with Crippen molar-refractivity contribution in [2.75, 3.05) is 29.9 Å². The Balaban J connectivity index is 1.52. The second kappa shape index (κ2) is 7.89. The third kappa shape index (κ3) is 3.77. The summed E-state index contributed by atoms with van der Waals surface area (Å²) >= 11 is 0. The number of nitrogens with zero attached hydrogens (tertiary/aromatic N) is 1. The van der Waals surface area contributed by atoms with Crippen molar-refractivity contribution in [3.63, 3.8) is 0 Å². The molecule has 122 valence electrons. The number of aryl methyl sites for hydroxylation is 2. The van der Waals surface area contributed by atoms with Crippen LogP contribution in [-0.4, -0.2) is 19.6 Å². The molecule has 2 aliphatic rings. The number of hydrogen-bond acceptors (Lipinski definition) is 2. The summed E-state index contributed by atoms with van der Waals surface area (Å²) in [6.07, 6.45) is 13.4. The van der Waals surface area contributed by atoms with E-state index in [2.05, 4.69) is 29.3 Å². The fourth-order valence-corrected chi connectivity index (χ4v) is 4.04. The minimum absolute atomic E-state index is 1.13. The molecule has 2 nitrogen and oxygen atoms in total. The third-order valence-corrected chi connectivity index (χ3v) is 5.19. The van der Waals surface area contributed by atoms with Crippen LogP contribution in [0, 0.1) is 0 Å². The Labute approximate surface area is 136 Å². The normalized spacial score (nSPS) is 16.5. The lowest BCUT2D eigenvalue weighted by atomic mass is 9.91. The van der Waals surface area contributed by atoms with Crippen LogP contribution in [0.3, 0.4) is 0 Å². The molecule has 0 aliphatic carbocycles. The summed E-state index contributed by atoms with van der Waals surface area (Å²) in [5, 5.41) is 3.68. The first-order valence-corrected chi connectivity index (χ1v) is 9.53. The van der Waals surface area contributed by atoms with Crippen LogP contribution in [0.4, 0.5) is 11.4 Å². The maximum Gasteiger partial charge on any atom is 0.0432 e. The Kier molecular flexibility index (Phi) is 5.64. The predicted octanol–water partition coefficient (Wildman–Crippen LogP) is 5.16. The van der Waals surface area contributed by atoms with Crippen LogP contribution in [-0.2, 0) is 12.8 Å². The molecule has 2 heteroatoms. The largest absolute Gasteiger partial charge is 0.385 e. The lowest BCUT2D eigenvalue weighted by molar-refractivity contribution is 0.616. The SMILES string of the molecule is CCCCCCCCNc1cc2c3c(c1)CCCN3CCC2. The van der Waals surface area contributed by atoms with E-state index in [9.17, 15) is 0 Å². The molecule has 0 spiro atoms. The van der Waals surface area contributed by atoms with Crippen molar-refractivity contribution in [2.45, 2.75) is 71.1 Å². The molecule has 0 atom stereocenters. The number of benzene rings is 1. The highest BCUT2D eigenvalue weighted by atomic mass is 15.1. The van der Waals surface area contributed by atoms with Crippen LogP contribution in [0.25, 0.3) is 0 Å². The molecule has 0 bridgehead atoms. The van der Waals surface area contributed by atoms with Gasteiger partial charge < -0.3 is 10.2 Å². The predicted molar refractivity (Wildman–Crippen MR) is 97.2 cm³/mol. The van der Waals surface area contributed by atoms with Gasteiger partial charge in [-0.3, -0.25) is 0 Å². The first-order valence-electron chi connectivity index (χ1n) is 9.53. The highest BCUT2D eigenvalue weighted by Gasteiger charge is 2.23. The van der Waals surface area contributed by atoms with Gasteiger partial charge in [-0.1, -0.05) is 39.0 Å². The molecule has 2 heterocycles. The summed E-state index contributed by atoms with van der Waals surface area (Å²) in [7, 11) is 0. The van der Waals surface area contributed by atoms with Gasteiger partial charge in [0, 0.05) is 31.0 Å². The molecule has 0 radical (unpaired) electrons. The average Bonchev–Trinajstić information content (AvgIpc) is 2.54. The minimum Gasteiger partial charge on any atom is -0.385 e. The van der Waals surface area contributed by atoms with E-state index in [4.69, 9.17) is 0 Å². The average molecular weight is 300 g/mol. The minimum atomic E-state index is 1.13. The molecule has 0 amide bonds.